The largest absolute Gasteiger partial charge is 0.508 e. The standard InChI is InChI=1S/C16H24O/c1-13(16(2)10-6-3-7-11-16)12-14-8-4-5-9-15(14)17/h4-5,8-9,13,17H,3,6-7,10-12H2,1-2H3. The molecule has 94 valence electrons. The van der Waals surface area contributed by atoms with Crippen molar-refractivity contribution in [3.05, 3.63) is 29.8 Å². The van der Waals surface area contributed by atoms with Gasteiger partial charge >= 0.3 is 0 Å². The minimum atomic E-state index is 0.457. The fourth-order valence-electron chi connectivity index (χ4n) is 3.11. The lowest BCUT2D eigenvalue weighted by Crippen LogP contribution is -2.29. The van der Waals surface area contributed by atoms with E-state index in [2.05, 4.69) is 19.9 Å². The second kappa shape index (κ2) is 5.12. The van der Waals surface area contributed by atoms with Crippen molar-refractivity contribution in [1.29, 1.82) is 0 Å². The molecule has 0 radical (unpaired) electrons. The van der Waals surface area contributed by atoms with Crippen molar-refractivity contribution in [3.63, 3.8) is 0 Å². The number of rotatable bonds is 3. The molecule has 1 unspecified atom stereocenters. The van der Waals surface area contributed by atoms with E-state index < -0.39 is 0 Å². The average Bonchev–Trinajstić information content (AvgIpc) is 2.33. The number of phenolic OH excluding ortho intramolecular Hbond substituents is 1. The molecule has 1 nitrogen and oxygen atoms in total. The van der Waals surface area contributed by atoms with Gasteiger partial charge in [-0.1, -0.05) is 51.3 Å². The van der Waals surface area contributed by atoms with Crippen LogP contribution in [0.15, 0.2) is 24.3 Å². The Morgan fingerprint density at radius 3 is 2.47 bits per heavy atom. The quantitative estimate of drug-likeness (QED) is 0.811. The fraction of sp³-hybridized carbons (Fsp3) is 0.625. The van der Waals surface area contributed by atoms with Crippen molar-refractivity contribution in [2.24, 2.45) is 11.3 Å². The van der Waals surface area contributed by atoms with Crippen LogP contribution in [0.1, 0.15) is 51.5 Å². The number of phenols is 1. The van der Waals surface area contributed by atoms with Crippen molar-refractivity contribution in [3.8, 4) is 5.75 Å². The molecule has 0 aromatic heterocycles. The van der Waals surface area contributed by atoms with Crippen LogP contribution in [-0.4, -0.2) is 5.11 Å². The van der Waals surface area contributed by atoms with Crippen LogP contribution >= 0.6 is 0 Å². The Morgan fingerprint density at radius 1 is 1.18 bits per heavy atom. The third kappa shape index (κ3) is 2.83. The SMILES string of the molecule is CC(Cc1ccccc1O)C1(C)CCCCC1. The number of hydrogen-bond acceptors (Lipinski definition) is 1. The Bertz CT molecular complexity index is 364. The smallest absolute Gasteiger partial charge is 0.118 e. The van der Waals surface area contributed by atoms with Gasteiger partial charge in [-0.25, -0.2) is 0 Å². The molecule has 1 fully saturated rings. The zero-order valence-corrected chi connectivity index (χ0v) is 11.1. The predicted octanol–water partition coefficient (Wildman–Crippen LogP) is 4.54. The molecule has 1 atom stereocenters. The highest BCUT2D eigenvalue weighted by Crippen LogP contribution is 2.43. The molecule has 1 aromatic carbocycles. The van der Waals surface area contributed by atoms with E-state index in [-0.39, 0.29) is 0 Å². The van der Waals surface area contributed by atoms with E-state index in [0.29, 0.717) is 17.1 Å². The highest BCUT2D eigenvalue weighted by Gasteiger charge is 2.32. The summed E-state index contributed by atoms with van der Waals surface area (Å²) in [6.45, 7) is 4.77. The lowest BCUT2D eigenvalue weighted by atomic mass is 9.66. The van der Waals surface area contributed by atoms with E-state index in [1.165, 1.54) is 32.1 Å². The van der Waals surface area contributed by atoms with Crippen molar-refractivity contribution >= 4 is 0 Å². The molecule has 1 aliphatic rings. The van der Waals surface area contributed by atoms with E-state index in [1.54, 1.807) is 6.07 Å². The molecule has 1 saturated carbocycles. The first-order valence-electron chi connectivity index (χ1n) is 6.89. The summed E-state index contributed by atoms with van der Waals surface area (Å²) in [5, 5.41) is 9.84. The van der Waals surface area contributed by atoms with Gasteiger partial charge in [0.05, 0.1) is 0 Å². The number of aromatic hydroxyl groups is 1. The van der Waals surface area contributed by atoms with Crippen LogP contribution in [0.25, 0.3) is 0 Å². The first-order valence-corrected chi connectivity index (χ1v) is 6.89. The molecule has 0 heterocycles. The summed E-state index contributed by atoms with van der Waals surface area (Å²) >= 11 is 0. The van der Waals surface area contributed by atoms with Crippen LogP contribution in [0, 0.1) is 11.3 Å². The van der Waals surface area contributed by atoms with Crippen molar-refractivity contribution < 1.29 is 5.11 Å². The van der Waals surface area contributed by atoms with Gasteiger partial charge in [-0.15, -0.1) is 0 Å². The fourth-order valence-corrected chi connectivity index (χ4v) is 3.11. The molecule has 17 heavy (non-hydrogen) atoms. The van der Waals surface area contributed by atoms with Crippen LogP contribution < -0.4 is 0 Å². The molecule has 1 aliphatic carbocycles. The molecular formula is C16H24O. The third-order valence-corrected chi connectivity index (χ3v) is 4.70. The summed E-state index contributed by atoms with van der Waals surface area (Å²) < 4.78 is 0. The number of para-hydroxylation sites is 1. The summed E-state index contributed by atoms with van der Waals surface area (Å²) in [7, 11) is 0. The van der Waals surface area contributed by atoms with Crippen LogP contribution in [0.4, 0.5) is 0 Å². The Hall–Kier alpha value is -0.980. The molecular weight excluding hydrogens is 208 g/mol. The summed E-state index contributed by atoms with van der Waals surface area (Å²) in [5.41, 5.74) is 1.58. The summed E-state index contributed by atoms with van der Waals surface area (Å²) in [4.78, 5) is 0. The van der Waals surface area contributed by atoms with E-state index >= 15 is 0 Å². The lowest BCUT2D eigenvalue weighted by Gasteiger charge is -2.39. The predicted molar refractivity (Wildman–Crippen MR) is 72.2 cm³/mol. The summed E-state index contributed by atoms with van der Waals surface area (Å²) in [6.07, 6.45) is 7.86. The van der Waals surface area contributed by atoms with Crippen LogP contribution in [0.3, 0.4) is 0 Å². The molecule has 0 saturated heterocycles. The Balaban J connectivity index is 2.05. The van der Waals surface area contributed by atoms with Gasteiger partial charge in [-0.05, 0) is 42.2 Å². The maximum atomic E-state index is 9.84. The third-order valence-electron chi connectivity index (χ3n) is 4.70. The highest BCUT2D eigenvalue weighted by molar-refractivity contribution is 5.32. The van der Waals surface area contributed by atoms with Gasteiger partial charge in [0, 0.05) is 0 Å². The van der Waals surface area contributed by atoms with Crippen molar-refractivity contribution in [2.45, 2.75) is 52.4 Å². The first kappa shape index (κ1) is 12.5. The second-order valence-corrected chi connectivity index (χ2v) is 5.95. The van der Waals surface area contributed by atoms with Crippen molar-refractivity contribution in [1.82, 2.24) is 0 Å². The minimum absolute atomic E-state index is 0.457. The highest BCUT2D eigenvalue weighted by atomic mass is 16.3. The molecule has 0 aliphatic heterocycles. The van der Waals surface area contributed by atoms with E-state index in [1.807, 2.05) is 12.1 Å². The van der Waals surface area contributed by atoms with Gasteiger partial charge in [0.25, 0.3) is 0 Å². The maximum absolute atomic E-state index is 9.84. The number of hydrogen-bond donors (Lipinski definition) is 1. The average molecular weight is 232 g/mol. The zero-order valence-electron chi connectivity index (χ0n) is 11.1. The molecule has 0 amide bonds. The maximum Gasteiger partial charge on any atom is 0.118 e. The summed E-state index contributed by atoms with van der Waals surface area (Å²) in [5.74, 6) is 1.11. The van der Waals surface area contributed by atoms with E-state index in [0.717, 1.165) is 12.0 Å². The van der Waals surface area contributed by atoms with Gasteiger partial charge in [0.1, 0.15) is 5.75 Å². The minimum Gasteiger partial charge on any atom is -0.508 e. The van der Waals surface area contributed by atoms with Gasteiger partial charge in [-0.3, -0.25) is 0 Å². The zero-order chi connectivity index (χ0) is 12.3. The summed E-state index contributed by atoms with van der Waals surface area (Å²) in [6, 6.07) is 7.76. The van der Waals surface area contributed by atoms with Gasteiger partial charge in [0.2, 0.25) is 0 Å². The first-order chi connectivity index (χ1) is 8.12. The molecule has 2 rings (SSSR count). The van der Waals surface area contributed by atoms with Crippen LogP contribution in [-0.2, 0) is 6.42 Å². The Labute approximate surface area is 105 Å². The molecule has 1 N–H and O–H groups in total. The second-order valence-electron chi connectivity index (χ2n) is 5.95. The lowest BCUT2D eigenvalue weighted by molar-refractivity contribution is 0.130. The Morgan fingerprint density at radius 2 is 1.82 bits per heavy atom. The topological polar surface area (TPSA) is 20.2 Å². The monoisotopic (exact) mass is 232 g/mol. The normalized spacial score (nSPS) is 21.1. The Kier molecular flexibility index (Phi) is 3.76. The van der Waals surface area contributed by atoms with Crippen LogP contribution in [0.2, 0.25) is 0 Å². The van der Waals surface area contributed by atoms with Gasteiger partial charge < -0.3 is 5.11 Å². The van der Waals surface area contributed by atoms with Gasteiger partial charge in [-0.2, -0.15) is 0 Å². The molecule has 0 spiro atoms. The molecule has 1 heteroatoms. The van der Waals surface area contributed by atoms with Crippen molar-refractivity contribution in [2.75, 3.05) is 0 Å². The number of benzene rings is 1. The molecule has 1 aromatic rings. The molecule has 0 bridgehead atoms. The van der Waals surface area contributed by atoms with E-state index in [4.69, 9.17) is 0 Å². The van der Waals surface area contributed by atoms with Gasteiger partial charge in [0.15, 0.2) is 0 Å². The van der Waals surface area contributed by atoms with E-state index in [9.17, 15) is 5.11 Å². The van der Waals surface area contributed by atoms with Crippen LogP contribution in [0.5, 0.6) is 5.75 Å².